The van der Waals surface area contributed by atoms with E-state index >= 15 is 0 Å². The number of hydrogen-bond acceptors (Lipinski definition) is 4. The lowest BCUT2D eigenvalue weighted by molar-refractivity contribution is 0.0949. The highest BCUT2D eigenvalue weighted by Gasteiger charge is 2.08. The Balaban J connectivity index is 1.60. The van der Waals surface area contributed by atoms with E-state index in [-0.39, 0.29) is 11.4 Å². The van der Waals surface area contributed by atoms with Gasteiger partial charge in [-0.3, -0.25) is 9.48 Å². The van der Waals surface area contributed by atoms with Gasteiger partial charge >= 0.3 is 0 Å². The summed E-state index contributed by atoms with van der Waals surface area (Å²) in [6, 6.07) is 15.7. The van der Waals surface area contributed by atoms with E-state index < -0.39 is 5.91 Å². The van der Waals surface area contributed by atoms with Crippen LogP contribution in [-0.4, -0.2) is 27.0 Å². The highest BCUT2D eigenvalue weighted by Crippen LogP contribution is 2.12. The molecule has 0 unspecified atom stereocenters. The molecule has 6 nitrogen and oxygen atoms in total. The predicted molar refractivity (Wildman–Crippen MR) is 95.9 cm³/mol. The third-order valence-corrected chi connectivity index (χ3v) is 3.69. The Bertz CT molecular complexity index is 903. The van der Waals surface area contributed by atoms with Gasteiger partial charge in [-0.2, -0.15) is 10.2 Å². The van der Waals surface area contributed by atoms with E-state index in [9.17, 15) is 9.90 Å². The van der Waals surface area contributed by atoms with Crippen LogP contribution in [0.1, 0.15) is 21.6 Å². The first-order chi connectivity index (χ1) is 12.1. The van der Waals surface area contributed by atoms with Gasteiger partial charge in [0.15, 0.2) is 5.69 Å². The lowest BCUT2D eigenvalue weighted by atomic mass is 10.2. The molecule has 0 saturated heterocycles. The lowest BCUT2D eigenvalue weighted by Gasteiger charge is -2.02. The second-order valence-corrected chi connectivity index (χ2v) is 5.72. The first kappa shape index (κ1) is 16.7. The lowest BCUT2D eigenvalue weighted by Crippen LogP contribution is -2.18. The standard InChI is InChI=1S/C18H15ClN4O2/c19-15-7-5-13(6-8-15)12-23-10-9-16(22-23)18(25)21-20-11-14-3-1-2-4-17(14)24/h1-11,24H,12H2,(H,21,25). The second-order valence-electron chi connectivity index (χ2n) is 5.28. The van der Waals surface area contributed by atoms with Crippen LogP contribution in [0.25, 0.3) is 0 Å². The number of nitrogens with one attached hydrogen (secondary N) is 1. The molecule has 0 bridgehead atoms. The number of aromatic hydroxyl groups is 1. The van der Waals surface area contributed by atoms with Crippen molar-refractivity contribution in [2.45, 2.75) is 6.54 Å². The van der Waals surface area contributed by atoms with Crippen molar-refractivity contribution in [1.29, 1.82) is 0 Å². The van der Waals surface area contributed by atoms with Crippen molar-refractivity contribution < 1.29 is 9.90 Å². The average molecular weight is 355 g/mol. The molecule has 0 fully saturated rings. The number of amides is 1. The van der Waals surface area contributed by atoms with Crippen molar-refractivity contribution in [3.05, 3.63) is 82.6 Å². The van der Waals surface area contributed by atoms with Gasteiger partial charge in [0.2, 0.25) is 0 Å². The summed E-state index contributed by atoms with van der Waals surface area (Å²) in [6.45, 7) is 0.533. The van der Waals surface area contributed by atoms with Crippen LogP contribution in [0.15, 0.2) is 65.9 Å². The van der Waals surface area contributed by atoms with Crippen molar-refractivity contribution in [2.24, 2.45) is 5.10 Å². The van der Waals surface area contributed by atoms with E-state index in [4.69, 9.17) is 11.6 Å². The Morgan fingerprint density at radius 1 is 1.20 bits per heavy atom. The molecule has 25 heavy (non-hydrogen) atoms. The van der Waals surface area contributed by atoms with Gasteiger partial charge in [0.25, 0.3) is 5.91 Å². The van der Waals surface area contributed by atoms with Gasteiger partial charge in [-0.05, 0) is 35.9 Å². The van der Waals surface area contributed by atoms with E-state index in [0.29, 0.717) is 17.1 Å². The summed E-state index contributed by atoms with van der Waals surface area (Å²) in [6.07, 6.45) is 3.09. The summed E-state index contributed by atoms with van der Waals surface area (Å²) in [7, 11) is 0. The maximum Gasteiger partial charge on any atom is 0.291 e. The van der Waals surface area contributed by atoms with E-state index in [1.807, 2.05) is 24.3 Å². The Morgan fingerprint density at radius 3 is 2.72 bits per heavy atom. The summed E-state index contributed by atoms with van der Waals surface area (Å²) < 4.78 is 1.66. The van der Waals surface area contributed by atoms with E-state index in [1.165, 1.54) is 6.21 Å². The number of halogens is 1. The Labute approximate surface area is 149 Å². The highest BCUT2D eigenvalue weighted by molar-refractivity contribution is 6.30. The number of phenols is 1. The monoisotopic (exact) mass is 354 g/mol. The number of phenolic OH excluding ortho intramolecular Hbond substituents is 1. The SMILES string of the molecule is O=C(NN=Cc1ccccc1O)c1ccn(Cc2ccc(Cl)cc2)n1. The molecule has 0 aliphatic rings. The predicted octanol–water partition coefficient (Wildman–Crippen LogP) is 3.05. The maximum atomic E-state index is 12.0. The zero-order chi connectivity index (χ0) is 17.6. The maximum absolute atomic E-state index is 12.0. The third-order valence-electron chi connectivity index (χ3n) is 3.44. The molecule has 1 aromatic heterocycles. The molecule has 0 spiro atoms. The zero-order valence-corrected chi connectivity index (χ0v) is 13.9. The molecule has 2 N–H and O–H groups in total. The quantitative estimate of drug-likeness (QED) is 0.546. The molecule has 1 amide bonds. The fourth-order valence-electron chi connectivity index (χ4n) is 2.16. The van der Waals surface area contributed by atoms with E-state index in [1.54, 1.807) is 41.2 Å². The van der Waals surface area contributed by atoms with Crippen LogP contribution in [0, 0.1) is 0 Å². The molecule has 7 heteroatoms. The summed E-state index contributed by atoms with van der Waals surface area (Å²) in [5, 5.41) is 18.4. The van der Waals surface area contributed by atoms with Crippen LogP contribution in [0.2, 0.25) is 5.02 Å². The third kappa shape index (κ3) is 4.45. The number of para-hydroxylation sites is 1. The Kier molecular flexibility index (Phi) is 5.11. The summed E-state index contributed by atoms with van der Waals surface area (Å²) in [5.74, 6) is -0.339. The topological polar surface area (TPSA) is 79.5 Å². The average Bonchev–Trinajstić information content (AvgIpc) is 3.07. The van der Waals surface area contributed by atoms with Crippen LogP contribution < -0.4 is 5.43 Å². The number of hydrazone groups is 1. The van der Waals surface area contributed by atoms with Crippen LogP contribution in [0.4, 0.5) is 0 Å². The molecular weight excluding hydrogens is 340 g/mol. The normalized spacial score (nSPS) is 10.9. The van der Waals surface area contributed by atoms with Crippen molar-refractivity contribution in [1.82, 2.24) is 15.2 Å². The van der Waals surface area contributed by atoms with Gasteiger partial charge in [0, 0.05) is 16.8 Å². The molecule has 3 rings (SSSR count). The van der Waals surface area contributed by atoms with Gasteiger partial charge in [-0.1, -0.05) is 35.9 Å². The minimum absolute atomic E-state index is 0.0905. The minimum atomic E-state index is -0.429. The van der Waals surface area contributed by atoms with Crippen LogP contribution in [-0.2, 0) is 6.54 Å². The molecule has 0 aliphatic carbocycles. The van der Waals surface area contributed by atoms with Crippen molar-refractivity contribution in [2.75, 3.05) is 0 Å². The summed E-state index contributed by atoms with van der Waals surface area (Å²) in [5.41, 5.74) is 4.17. The number of carbonyl (C=O) groups is 1. The molecule has 2 aromatic carbocycles. The first-order valence-electron chi connectivity index (χ1n) is 7.51. The van der Waals surface area contributed by atoms with Crippen LogP contribution in [0.5, 0.6) is 5.75 Å². The van der Waals surface area contributed by atoms with E-state index in [2.05, 4.69) is 15.6 Å². The highest BCUT2D eigenvalue weighted by atomic mass is 35.5. The molecule has 0 atom stereocenters. The Hall–Kier alpha value is -3.12. The van der Waals surface area contributed by atoms with Gasteiger partial charge in [0.05, 0.1) is 12.8 Å². The summed E-state index contributed by atoms with van der Waals surface area (Å²) >= 11 is 5.86. The molecule has 126 valence electrons. The number of carbonyl (C=O) groups excluding carboxylic acids is 1. The summed E-state index contributed by atoms with van der Waals surface area (Å²) in [4.78, 5) is 12.0. The van der Waals surface area contributed by atoms with E-state index in [0.717, 1.165) is 5.56 Å². The molecule has 0 radical (unpaired) electrons. The number of aromatic nitrogens is 2. The number of benzene rings is 2. The van der Waals surface area contributed by atoms with Gasteiger partial charge in [-0.25, -0.2) is 5.43 Å². The molecular formula is C18H15ClN4O2. The second kappa shape index (κ2) is 7.63. The van der Waals surface area contributed by atoms with Crippen LogP contribution in [0.3, 0.4) is 0 Å². The number of rotatable bonds is 5. The fourth-order valence-corrected chi connectivity index (χ4v) is 2.29. The van der Waals surface area contributed by atoms with Crippen LogP contribution >= 0.6 is 11.6 Å². The number of nitrogens with zero attached hydrogens (tertiary/aromatic N) is 3. The van der Waals surface area contributed by atoms with Crippen molar-refractivity contribution in [3.63, 3.8) is 0 Å². The molecule has 0 aliphatic heterocycles. The minimum Gasteiger partial charge on any atom is -0.507 e. The first-order valence-corrected chi connectivity index (χ1v) is 7.89. The molecule has 3 aromatic rings. The van der Waals surface area contributed by atoms with Crippen molar-refractivity contribution >= 4 is 23.7 Å². The van der Waals surface area contributed by atoms with Gasteiger partial charge < -0.3 is 5.11 Å². The molecule has 1 heterocycles. The van der Waals surface area contributed by atoms with Crippen molar-refractivity contribution in [3.8, 4) is 5.75 Å². The van der Waals surface area contributed by atoms with Gasteiger partial charge in [-0.15, -0.1) is 0 Å². The fraction of sp³-hybridized carbons (Fsp3) is 0.0556. The van der Waals surface area contributed by atoms with Gasteiger partial charge in [0.1, 0.15) is 5.75 Å². The number of hydrogen-bond donors (Lipinski definition) is 2. The smallest absolute Gasteiger partial charge is 0.291 e. The largest absolute Gasteiger partial charge is 0.507 e. The zero-order valence-electron chi connectivity index (χ0n) is 13.1. The Morgan fingerprint density at radius 2 is 1.96 bits per heavy atom. The molecule has 0 saturated carbocycles.